The van der Waals surface area contributed by atoms with Crippen molar-refractivity contribution >= 4 is 11.6 Å². The highest BCUT2D eigenvalue weighted by Gasteiger charge is 2.16. The van der Waals surface area contributed by atoms with Crippen LogP contribution in [-0.2, 0) is 0 Å². The van der Waals surface area contributed by atoms with E-state index in [0.717, 1.165) is 18.7 Å². The van der Waals surface area contributed by atoms with Crippen molar-refractivity contribution in [2.75, 3.05) is 0 Å². The molecule has 1 saturated carbocycles. The van der Waals surface area contributed by atoms with Crippen LogP contribution in [0.1, 0.15) is 64.1 Å². The first kappa shape index (κ1) is 13.6. The van der Waals surface area contributed by atoms with E-state index in [1.807, 2.05) is 0 Å². The molecule has 0 bridgehead atoms. The molecule has 0 atom stereocenters. The van der Waals surface area contributed by atoms with Crippen molar-refractivity contribution < 1.29 is 4.74 Å². The Hall–Kier alpha value is -0.830. The van der Waals surface area contributed by atoms with Gasteiger partial charge in [0, 0.05) is 12.0 Å². The predicted octanol–water partition coefficient (Wildman–Crippen LogP) is 4.36. The normalized spacial score (nSPS) is 17.8. The first-order chi connectivity index (χ1) is 8.65. The molecule has 2 rings (SSSR count). The maximum atomic E-state index is 6.01. The molecule has 0 spiro atoms. The Bertz CT molecular complexity index is 387. The molecule has 4 heteroatoms. The Labute approximate surface area is 114 Å². The Morgan fingerprint density at radius 2 is 1.83 bits per heavy atom. The van der Waals surface area contributed by atoms with Crippen LogP contribution < -0.4 is 4.74 Å². The molecular weight excluding hydrogens is 248 g/mol. The Morgan fingerprint density at radius 1 is 1.17 bits per heavy atom. The van der Waals surface area contributed by atoms with Gasteiger partial charge in [-0.05, 0) is 25.7 Å². The number of hydrogen-bond acceptors (Lipinski definition) is 3. The maximum absolute atomic E-state index is 6.01. The van der Waals surface area contributed by atoms with E-state index in [1.165, 1.54) is 25.7 Å². The number of nitrogens with zero attached hydrogens (tertiary/aromatic N) is 2. The Morgan fingerprint density at radius 3 is 2.44 bits per heavy atom. The van der Waals surface area contributed by atoms with Gasteiger partial charge < -0.3 is 4.74 Å². The molecule has 0 amide bonds. The van der Waals surface area contributed by atoms with E-state index in [1.54, 1.807) is 6.07 Å². The average Bonchev–Trinajstić information content (AvgIpc) is 2.57. The quantitative estimate of drug-likeness (QED) is 0.604. The molecule has 1 fully saturated rings. The minimum atomic E-state index is 0.264. The molecule has 3 nitrogen and oxygen atoms in total. The van der Waals surface area contributed by atoms with Crippen LogP contribution in [0.3, 0.4) is 0 Å². The summed E-state index contributed by atoms with van der Waals surface area (Å²) in [6.45, 7) is 4.11. The van der Waals surface area contributed by atoms with Crippen molar-refractivity contribution in [1.82, 2.24) is 9.97 Å². The van der Waals surface area contributed by atoms with Crippen molar-refractivity contribution in [3.05, 3.63) is 17.0 Å². The van der Waals surface area contributed by atoms with E-state index in [9.17, 15) is 0 Å². The van der Waals surface area contributed by atoms with Crippen LogP contribution in [0.15, 0.2) is 6.07 Å². The van der Waals surface area contributed by atoms with Crippen molar-refractivity contribution in [1.29, 1.82) is 0 Å². The van der Waals surface area contributed by atoms with Crippen LogP contribution in [0, 0.1) is 0 Å². The summed E-state index contributed by atoms with van der Waals surface area (Å²) in [4.78, 5) is 8.66. The maximum Gasteiger partial charge on any atom is 0.218 e. The lowest BCUT2D eigenvalue weighted by Gasteiger charge is -2.17. The van der Waals surface area contributed by atoms with Gasteiger partial charge in [-0.2, -0.15) is 4.98 Å². The largest absolute Gasteiger partial charge is 0.474 e. The molecule has 0 unspecified atom stereocenters. The number of rotatable bonds is 3. The average molecular weight is 269 g/mol. The summed E-state index contributed by atoms with van der Waals surface area (Å²) in [6.07, 6.45) is 7.68. The monoisotopic (exact) mass is 268 g/mol. The molecule has 0 aliphatic heterocycles. The van der Waals surface area contributed by atoms with E-state index < -0.39 is 0 Å². The molecule has 0 aromatic carbocycles. The summed E-state index contributed by atoms with van der Waals surface area (Å²) in [5, 5.41) is 0.470. The zero-order chi connectivity index (χ0) is 13.0. The summed E-state index contributed by atoms with van der Waals surface area (Å²) in [7, 11) is 0. The fourth-order valence-corrected chi connectivity index (χ4v) is 2.44. The highest BCUT2D eigenvalue weighted by atomic mass is 35.5. The van der Waals surface area contributed by atoms with Gasteiger partial charge >= 0.3 is 0 Å². The van der Waals surface area contributed by atoms with Crippen LogP contribution in [0.5, 0.6) is 5.88 Å². The topological polar surface area (TPSA) is 35.0 Å². The van der Waals surface area contributed by atoms with Crippen molar-refractivity contribution in [2.24, 2.45) is 0 Å². The van der Waals surface area contributed by atoms with Gasteiger partial charge in [-0.15, -0.1) is 0 Å². The summed E-state index contributed by atoms with van der Waals surface area (Å²) < 4.78 is 5.97. The highest BCUT2D eigenvalue weighted by molar-refractivity contribution is 6.29. The van der Waals surface area contributed by atoms with E-state index in [-0.39, 0.29) is 5.92 Å². The molecule has 0 saturated heterocycles. The van der Waals surface area contributed by atoms with Gasteiger partial charge in [0.15, 0.2) is 0 Å². The second-order valence-corrected chi connectivity index (χ2v) is 5.66. The van der Waals surface area contributed by atoms with Gasteiger partial charge in [0.2, 0.25) is 5.88 Å². The molecule has 0 N–H and O–H groups in total. The Kier molecular flexibility index (Phi) is 4.81. The number of hydrogen-bond donors (Lipinski definition) is 0. The lowest BCUT2D eigenvalue weighted by molar-refractivity contribution is 0.175. The van der Waals surface area contributed by atoms with Crippen molar-refractivity contribution in [3.8, 4) is 5.88 Å². The molecule has 100 valence electrons. The van der Waals surface area contributed by atoms with Gasteiger partial charge in [0.1, 0.15) is 17.1 Å². The van der Waals surface area contributed by atoms with E-state index in [4.69, 9.17) is 16.3 Å². The lowest BCUT2D eigenvalue weighted by atomic mass is 10.1. The second kappa shape index (κ2) is 6.37. The fraction of sp³-hybridized carbons (Fsp3) is 0.714. The number of aromatic nitrogens is 2. The molecule has 18 heavy (non-hydrogen) atoms. The molecule has 0 radical (unpaired) electrons. The van der Waals surface area contributed by atoms with Crippen LogP contribution in [0.2, 0.25) is 5.15 Å². The predicted molar refractivity (Wildman–Crippen MR) is 73.2 cm³/mol. The molecule has 1 aliphatic rings. The highest BCUT2D eigenvalue weighted by Crippen LogP contribution is 2.24. The third kappa shape index (κ3) is 3.84. The molecule has 1 aromatic heterocycles. The van der Waals surface area contributed by atoms with Crippen LogP contribution >= 0.6 is 11.6 Å². The number of ether oxygens (including phenoxy) is 1. The third-order valence-electron chi connectivity index (χ3n) is 3.29. The van der Waals surface area contributed by atoms with E-state index in [2.05, 4.69) is 23.8 Å². The van der Waals surface area contributed by atoms with Crippen LogP contribution in [0.4, 0.5) is 0 Å². The minimum absolute atomic E-state index is 0.264. The molecular formula is C14H21ClN2O. The van der Waals surface area contributed by atoms with Gasteiger partial charge in [0.25, 0.3) is 0 Å². The zero-order valence-corrected chi connectivity index (χ0v) is 11.9. The summed E-state index contributed by atoms with van der Waals surface area (Å²) in [5.74, 6) is 1.65. The first-order valence-electron chi connectivity index (χ1n) is 6.86. The van der Waals surface area contributed by atoms with Crippen molar-refractivity contribution in [3.63, 3.8) is 0 Å². The van der Waals surface area contributed by atoms with Gasteiger partial charge in [-0.1, -0.05) is 38.3 Å². The van der Waals surface area contributed by atoms with E-state index in [0.29, 0.717) is 17.1 Å². The van der Waals surface area contributed by atoms with Gasteiger partial charge in [0.05, 0.1) is 0 Å². The first-order valence-corrected chi connectivity index (χ1v) is 7.24. The molecule has 1 aliphatic carbocycles. The minimum Gasteiger partial charge on any atom is -0.474 e. The standard InChI is InChI=1S/C14H21ClN2O/c1-10(2)14-16-12(15)9-13(17-14)18-11-7-5-3-4-6-8-11/h9-11H,3-8H2,1-2H3. The third-order valence-corrected chi connectivity index (χ3v) is 3.49. The van der Waals surface area contributed by atoms with Gasteiger partial charge in [-0.3, -0.25) is 0 Å². The smallest absolute Gasteiger partial charge is 0.218 e. The summed E-state index contributed by atoms with van der Waals surface area (Å²) >= 11 is 6.01. The van der Waals surface area contributed by atoms with Crippen LogP contribution in [0.25, 0.3) is 0 Å². The van der Waals surface area contributed by atoms with Crippen molar-refractivity contribution in [2.45, 2.75) is 64.4 Å². The van der Waals surface area contributed by atoms with E-state index >= 15 is 0 Å². The molecule has 1 aromatic rings. The van der Waals surface area contributed by atoms with Gasteiger partial charge in [-0.25, -0.2) is 4.98 Å². The second-order valence-electron chi connectivity index (χ2n) is 5.27. The summed E-state index contributed by atoms with van der Waals surface area (Å²) in [6, 6.07) is 1.72. The zero-order valence-electron chi connectivity index (χ0n) is 11.2. The fourth-order valence-electron chi connectivity index (χ4n) is 2.26. The lowest BCUT2D eigenvalue weighted by Crippen LogP contribution is -2.16. The number of halogens is 1. The SMILES string of the molecule is CC(C)c1nc(Cl)cc(OC2CCCCCC2)n1. The summed E-state index contributed by atoms with van der Waals surface area (Å²) in [5.41, 5.74) is 0. The molecule has 1 heterocycles. The Balaban J connectivity index is 2.07. The van der Waals surface area contributed by atoms with Crippen LogP contribution in [-0.4, -0.2) is 16.1 Å².